The molecule has 15 heavy (non-hydrogen) atoms. The Hall–Kier alpha value is -0.540. The molecule has 2 N–H and O–H groups in total. The summed E-state index contributed by atoms with van der Waals surface area (Å²) in [6, 6.07) is 9.19. The zero-order valence-electron chi connectivity index (χ0n) is 7.78. The summed E-state index contributed by atoms with van der Waals surface area (Å²) in [5.74, 6) is 0. The lowest BCUT2D eigenvalue weighted by Crippen LogP contribution is -2.10. The lowest BCUT2D eigenvalue weighted by molar-refractivity contribution is 0.894. The van der Waals surface area contributed by atoms with Crippen molar-refractivity contribution in [3.63, 3.8) is 0 Å². The van der Waals surface area contributed by atoms with Gasteiger partial charge in [0, 0.05) is 9.90 Å². The van der Waals surface area contributed by atoms with Crippen LogP contribution in [0.1, 0.15) is 16.5 Å². The van der Waals surface area contributed by atoms with E-state index >= 15 is 0 Å². The normalized spacial score (nSPS) is 12.7. The van der Waals surface area contributed by atoms with Crippen LogP contribution in [0.3, 0.4) is 0 Å². The second-order valence-electron chi connectivity index (χ2n) is 3.16. The number of thiophene rings is 1. The largest absolute Gasteiger partial charge is 0.320 e. The second kappa shape index (κ2) is 4.54. The molecule has 2 rings (SSSR count). The van der Waals surface area contributed by atoms with E-state index in [2.05, 4.69) is 0 Å². The van der Waals surface area contributed by atoms with Crippen LogP contribution < -0.4 is 5.73 Å². The SMILES string of the molecule is NC(c1ccc(Cl)cc1)c1sccc1Cl. The fourth-order valence-corrected chi connectivity index (χ4v) is 2.68. The lowest BCUT2D eigenvalue weighted by Gasteiger charge is -2.10. The average Bonchev–Trinajstić information content (AvgIpc) is 2.65. The van der Waals surface area contributed by atoms with Crippen LogP contribution in [0.5, 0.6) is 0 Å². The summed E-state index contributed by atoms with van der Waals surface area (Å²) < 4.78 is 0. The van der Waals surface area contributed by atoms with Gasteiger partial charge in [0.05, 0.1) is 11.1 Å². The third-order valence-corrected chi connectivity index (χ3v) is 3.85. The zero-order valence-corrected chi connectivity index (χ0v) is 10.1. The first-order valence-corrected chi connectivity index (χ1v) is 6.06. The minimum atomic E-state index is -0.172. The fraction of sp³-hybridized carbons (Fsp3) is 0.0909. The maximum Gasteiger partial charge on any atom is 0.0661 e. The molecule has 1 heterocycles. The summed E-state index contributed by atoms with van der Waals surface area (Å²) in [6.45, 7) is 0. The molecule has 1 atom stereocenters. The van der Waals surface area contributed by atoms with Crippen LogP contribution in [-0.4, -0.2) is 0 Å². The number of benzene rings is 1. The van der Waals surface area contributed by atoms with Gasteiger partial charge in [-0.25, -0.2) is 0 Å². The Bertz CT molecular complexity index is 450. The molecular weight excluding hydrogens is 249 g/mol. The van der Waals surface area contributed by atoms with E-state index in [0.29, 0.717) is 5.02 Å². The summed E-state index contributed by atoms with van der Waals surface area (Å²) in [4.78, 5) is 0.985. The smallest absolute Gasteiger partial charge is 0.0661 e. The van der Waals surface area contributed by atoms with Crippen molar-refractivity contribution in [2.24, 2.45) is 5.73 Å². The summed E-state index contributed by atoms with van der Waals surface area (Å²) in [6.07, 6.45) is 0. The number of nitrogens with two attached hydrogens (primary N) is 1. The molecule has 0 saturated heterocycles. The van der Waals surface area contributed by atoms with Gasteiger partial charge < -0.3 is 5.73 Å². The van der Waals surface area contributed by atoms with E-state index in [0.717, 1.165) is 15.5 Å². The van der Waals surface area contributed by atoms with E-state index < -0.39 is 0 Å². The van der Waals surface area contributed by atoms with Crippen molar-refractivity contribution in [3.05, 3.63) is 56.2 Å². The van der Waals surface area contributed by atoms with Crippen molar-refractivity contribution in [3.8, 4) is 0 Å². The molecule has 78 valence electrons. The molecule has 1 nitrogen and oxygen atoms in total. The summed E-state index contributed by atoms with van der Waals surface area (Å²) in [5, 5.41) is 3.37. The van der Waals surface area contributed by atoms with E-state index in [1.165, 1.54) is 0 Å². The minimum absolute atomic E-state index is 0.172. The number of hydrogen-bond donors (Lipinski definition) is 1. The zero-order chi connectivity index (χ0) is 10.8. The predicted octanol–water partition coefficient (Wildman–Crippen LogP) is 4.10. The summed E-state index contributed by atoms with van der Waals surface area (Å²) in [5.41, 5.74) is 7.11. The maximum absolute atomic E-state index is 6.09. The Kier molecular flexibility index (Phi) is 3.32. The molecule has 0 bridgehead atoms. The standard InChI is InChI=1S/C11H9Cl2NS/c12-8-3-1-7(2-4-8)10(14)11-9(13)5-6-15-11/h1-6,10H,14H2. The molecule has 0 fully saturated rings. The van der Waals surface area contributed by atoms with Gasteiger partial charge in [0.2, 0.25) is 0 Å². The quantitative estimate of drug-likeness (QED) is 0.862. The molecule has 1 aromatic carbocycles. The Balaban J connectivity index is 2.32. The Morgan fingerprint density at radius 1 is 1.07 bits per heavy atom. The average molecular weight is 258 g/mol. The Labute approximate surface area is 102 Å². The highest BCUT2D eigenvalue weighted by molar-refractivity contribution is 7.10. The first-order chi connectivity index (χ1) is 7.18. The van der Waals surface area contributed by atoms with Gasteiger partial charge in [-0.15, -0.1) is 11.3 Å². The van der Waals surface area contributed by atoms with Crippen LogP contribution in [0.4, 0.5) is 0 Å². The monoisotopic (exact) mass is 257 g/mol. The highest BCUT2D eigenvalue weighted by Crippen LogP contribution is 2.31. The van der Waals surface area contributed by atoms with Gasteiger partial charge in [-0.05, 0) is 29.1 Å². The van der Waals surface area contributed by atoms with E-state index in [1.807, 2.05) is 35.7 Å². The van der Waals surface area contributed by atoms with Gasteiger partial charge in [-0.3, -0.25) is 0 Å². The summed E-state index contributed by atoms with van der Waals surface area (Å²) in [7, 11) is 0. The second-order valence-corrected chi connectivity index (χ2v) is 4.95. The molecule has 2 aromatic rings. The van der Waals surface area contributed by atoms with Gasteiger partial charge >= 0.3 is 0 Å². The molecule has 1 aromatic heterocycles. The lowest BCUT2D eigenvalue weighted by atomic mass is 10.1. The summed E-state index contributed by atoms with van der Waals surface area (Å²) >= 11 is 13.4. The molecule has 0 amide bonds. The Morgan fingerprint density at radius 3 is 2.27 bits per heavy atom. The minimum Gasteiger partial charge on any atom is -0.320 e. The first-order valence-electron chi connectivity index (χ1n) is 4.42. The van der Waals surface area contributed by atoms with Gasteiger partial charge in [-0.1, -0.05) is 35.3 Å². The molecule has 0 spiro atoms. The third kappa shape index (κ3) is 2.34. The van der Waals surface area contributed by atoms with Gasteiger partial charge in [-0.2, -0.15) is 0 Å². The molecular formula is C11H9Cl2NS. The van der Waals surface area contributed by atoms with Crippen molar-refractivity contribution in [1.82, 2.24) is 0 Å². The van der Waals surface area contributed by atoms with E-state index in [1.54, 1.807) is 11.3 Å². The number of hydrogen-bond acceptors (Lipinski definition) is 2. The Morgan fingerprint density at radius 2 is 1.73 bits per heavy atom. The van der Waals surface area contributed by atoms with Crippen LogP contribution >= 0.6 is 34.5 Å². The first kappa shape index (κ1) is 11.0. The van der Waals surface area contributed by atoms with Crippen molar-refractivity contribution >= 4 is 34.5 Å². The van der Waals surface area contributed by atoms with Crippen LogP contribution in [0.2, 0.25) is 10.0 Å². The fourth-order valence-electron chi connectivity index (χ4n) is 1.35. The van der Waals surface area contributed by atoms with Crippen LogP contribution in [0.25, 0.3) is 0 Å². The van der Waals surface area contributed by atoms with E-state index in [4.69, 9.17) is 28.9 Å². The van der Waals surface area contributed by atoms with Crippen molar-refractivity contribution in [1.29, 1.82) is 0 Å². The number of halogens is 2. The maximum atomic E-state index is 6.09. The van der Waals surface area contributed by atoms with Gasteiger partial charge in [0.1, 0.15) is 0 Å². The molecule has 4 heteroatoms. The van der Waals surface area contributed by atoms with Crippen LogP contribution in [0.15, 0.2) is 35.7 Å². The van der Waals surface area contributed by atoms with Gasteiger partial charge in [0.25, 0.3) is 0 Å². The molecule has 1 unspecified atom stereocenters. The topological polar surface area (TPSA) is 26.0 Å². The highest BCUT2D eigenvalue weighted by Gasteiger charge is 2.13. The van der Waals surface area contributed by atoms with E-state index in [-0.39, 0.29) is 6.04 Å². The van der Waals surface area contributed by atoms with Crippen molar-refractivity contribution in [2.45, 2.75) is 6.04 Å². The van der Waals surface area contributed by atoms with Crippen molar-refractivity contribution < 1.29 is 0 Å². The molecule has 0 aliphatic rings. The predicted molar refractivity (Wildman–Crippen MR) is 66.8 cm³/mol. The molecule has 0 saturated carbocycles. The van der Waals surface area contributed by atoms with Gasteiger partial charge in [0.15, 0.2) is 0 Å². The molecule has 0 aliphatic carbocycles. The van der Waals surface area contributed by atoms with Crippen LogP contribution in [-0.2, 0) is 0 Å². The highest BCUT2D eigenvalue weighted by atomic mass is 35.5. The van der Waals surface area contributed by atoms with Crippen LogP contribution in [0, 0.1) is 0 Å². The molecule has 0 aliphatic heterocycles. The number of rotatable bonds is 2. The van der Waals surface area contributed by atoms with Crippen molar-refractivity contribution in [2.75, 3.05) is 0 Å². The van der Waals surface area contributed by atoms with E-state index in [9.17, 15) is 0 Å². The third-order valence-electron chi connectivity index (χ3n) is 2.16. The molecule has 0 radical (unpaired) electrons.